The van der Waals surface area contributed by atoms with Gasteiger partial charge in [-0.1, -0.05) is 44.9 Å². The molecular weight excluding hydrogens is 340 g/mol. The van der Waals surface area contributed by atoms with Gasteiger partial charge in [-0.15, -0.1) is 0 Å². The fourth-order valence-corrected chi connectivity index (χ4v) is 4.84. The molecule has 0 aliphatic heterocycles. The quantitative estimate of drug-likeness (QED) is 0.344. The Hall–Kier alpha value is -1.59. The molecule has 27 heavy (non-hydrogen) atoms. The van der Waals surface area contributed by atoms with E-state index in [0.29, 0.717) is 12.3 Å². The highest BCUT2D eigenvalue weighted by molar-refractivity contribution is 5.86. The molecule has 0 unspecified atom stereocenters. The van der Waals surface area contributed by atoms with Crippen LogP contribution in [0.1, 0.15) is 84.0 Å². The van der Waals surface area contributed by atoms with Gasteiger partial charge < -0.3 is 10.6 Å². The van der Waals surface area contributed by atoms with Crippen LogP contribution in [0.2, 0.25) is 0 Å². The van der Waals surface area contributed by atoms with Gasteiger partial charge in [0.2, 0.25) is 12.3 Å². The summed E-state index contributed by atoms with van der Waals surface area (Å²) in [4.78, 5) is 23.7. The van der Waals surface area contributed by atoms with E-state index >= 15 is 0 Å². The maximum atomic E-state index is 11.4. The van der Waals surface area contributed by atoms with Gasteiger partial charge in [-0.3, -0.25) is 19.9 Å². The molecule has 0 spiro atoms. The largest absolute Gasteiger partial charge is 0.354 e. The van der Waals surface area contributed by atoms with Gasteiger partial charge in [-0.05, 0) is 43.9 Å². The summed E-state index contributed by atoms with van der Waals surface area (Å²) in [5, 5.41) is 14.5. The summed E-state index contributed by atoms with van der Waals surface area (Å²) in [5.74, 6) is 1.63. The smallest absolute Gasteiger partial charge is 0.217 e. The Balaban J connectivity index is 1.89. The van der Waals surface area contributed by atoms with E-state index in [0.717, 1.165) is 38.0 Å². The van der Waals surface area contributed by atoms with Crippen molar-refractivity contribution in [3.05, 3.63) is 0 Å². The minimum atomic E-state index is 0.0574. The highest BCUT2D eigenvalue weighted by Crippen LogP contribution is 2.31. The van der Waals surface area contributed by atoms with E-state index in [4.69, 9.17) is 5.41 Å². The van der Waals surface area contributed by atoms with Crippen LogP contribution in [-0.4, -0.2) is 42.3 Å². The van der Waals surface area contributed by atoms with Crippen LogP contribution in [0.5, 0.6) is 0 Å². The number of hydrogen-bond donors (Lipinski definition) is 3. The van der Waals surface area contributed by atoms with E-state index in [1.165, 1.54) is 49.8 Å². The SMILES string of the molecule is CC(=O)N[C@@H]1CCC[C@H](C[C@@H](CCC2CCCCC2)NC(=N)N(C)C=O)C1. The first-order valence-corrected chi connectivity index (χ1v) is 10.8. The lowest BCUT2D eigenvalue weighted by Crippen LogP contribution is -2.45. The van der Waals surface area contributed by atoms with Gasteiger partial charge >= 0.3 is 0 Å². The highest BCUT2D eigenvalue weighted by Gasteiger charge is 2.26. The molecule has 2 amide bonds. The van der Waals surface area contributed by atoms with E-state index in [9.17, 15) is 9.59 Å². The maximum Gasteiger partial charge on any atom is 0.217 e. The van der Waals surface area contributed by atoms with Crippen LogP contribution in [0.25, 0.3) is 0 Å². The summed E-state index contributed by atoms with van der Waals surface area (Å²) >= 11 is 0. The first-order valence-electron chi connectivity index (χ1n) is 10.8. The summed E-state index contributed by atoms with van der Waals surface area (Å²) in [6.45, 7) is 1.59. The van der Waals surface area contributed by atoms with Crippen molar-refractivity contribution in [3.8, 4) is 0 Å². The standard InChI is InChI=1S/C21H38N4O2/c1-16(27)23-19-10-6-9-18(13-19)14-20(24-21(22)25(2)15-26)12-11-17-7-4-3-5-8-17/h15,17-20H,3-14H2,1-2H3,(H2,22,24)(H,23,27)/t18-,19+,20+/m0/s1. The first kappa shape index (κ1) is 21.7. The van der Waals surface area contributed by atoms with Crippen LogP contribution in [0, 0.1) is 17.2 Å². The average Bonchev–Trinajstić information content (AvgIpc) is 2.66. The number of hydrogen-bond acceptors (Lipinski definition) is 3. The predicted molar refractivity (Wildman–Crippen MR) is 108 cm³/mol. The van der Waals surface area contributed by atoms with E-state index in [2.05, 4.69) is 10.6 Å². The van der Waals surface area contributed by atoms with Crippen molar-refractivity contribution in [2.24, 2.45) is 11.8 Å². The average molecular weight is 379 g/mol. The van der Waals surface area contributed by atoms with Gasteiger partial charge in [0, 0.05) is 26.1 Å². The van der Waals surface area contributed by atoms with Crippen molar-refractivity contribution >= 4 is 18.3 Å². The highest BCUT2D eigenvalue weighted by atomic mass is 16.1. The van der Waals surface area contributed by atoms with Gasteiger partial charge in [0.25, 0.3) is 0 Å². The summed E-state index contributed by atoms with van der Waals surface area (Å²) in [7, 11) is 1.62. The molecule has 0 radical (unpaired) electrons. The number of nitrogens with one attached hydrogen (secondary N) is 3. The zero-order chi connectivity index (χ0) is 19.6. The number of carbonyl (C=O) groups excluding carboxylic acids is 2. The molecule has 0 bridgehead atoms. The minimum absolute atomic E-state index is 0.0574. The lowest BCUT2D eigenvalue weighted by atomic mass is 9.80. The molecule has 0 aromatic rings. The normalized spacial score (nSPS) is 24.7. The number of rotatable bonds is 8. The van der Waals surface area contributed by atoms with E-state index in [1.807, 2.05) is 0 Å². The Labute approximate surface area is 164 Å². The van der Waals surface area contributed by atoms with Gasteiger partial charge in [0.05, 0.1) is 0 Å². The lowest BCUT2D eigenvalue weighted by molar-refractivity contribution is -0.120. The fourth-order valence-electron chi connectivity index (χ4n) is 4.84. The third-order valence-corrected chi connectivity index (χ3v) is 6.31. The monoisotopic (exact) mass is 378 g/mol. The molecule has 6 heteroatoms. The van der Waals surface area contributed by atoms with Crippen molar-refractivity contribution in [2.45, 2.75) is 96.1 Å². The van der Waals surface area contributed by atoms with Crippen LogP contribution < -0.4 is 10.6 Å². The van der Waals surface area contributed by atoms with Crippen molar-refractivity contribution in [1.29, 1.82) is 5.41 Å². The zero-order valence-corrected chi connectivity index (χ0v) is 17.1. The van der Waals surface area contributed by atoms with Gasteiger partial charge in [0.15, 0.2) is 5.96 Å². The first-order chi connectivity index (χ1) is 13.0. The van der Waals surface area contributed by atoms with E-state index in [1.54, 1.807) is 14.0 Å². The summed E-state index contributed by atoms with van der Waals surface area (Å²) in [6, 6.07) is 0.514. The molecule has 154 valence electrons. The number of carbonyl (C=O) groups is 2. The molecule has 0 saturated heterocycles. The van der Waals surface area contributed by atoms with Gasteiger partial charge in [-0.25, -0.2) is 0 Å². The Morgan fingerprint density at radius 1 is 1.15 bits per heavy atom. The van der Waals surface area contributed by atoms with Crippen LogP contribution in [0.15, 0.2) is 0 Å². The molecule has 2 fully saturated rings. The minimum Gasteiger partial charge on any atom is -0.354 e. The number of guanidine groups is 1. The maximum absolute atomic E-state index is 11.4. The molecule has 3 atom stereocenters. The molecule has 3 N–H and O–H groups in total. The fraction of sp³-hybridized carbons (Fsp3) is 0.857. The predicted octanol–water partition coefficient (Wildman–Crippen LogP) is 3.41. The molecular formula is C21H38N4O2. The summed E-state index contributed by atoms with van der Waals surface area (Å²) in [6.07, 6.45) is 15.2. The lowest BCUT2D eigenvalue weighted by Gasteiger charge is -2.33. The van der Waals surface area contributed by atoms with Crippen molar-refractivity contribution in [2.75, 3.05) is 7.05 Å². The van der Waals surface area contributed by atoms with E-state index in [-0.39, 0.29) is 24.0 Å². The number of amides is 2. The van der Waals surface area contributed by atoms with Crippen LogP contribution in [0.4, 0.5) is 0 Å². The second-order valence-electron chi connectivity index (χ2n) is 8.65. The third-order valence-electron chi connectivity index (χ3n) is 6.31. The van der Waals surface area contributed by atoms with Crippen molar-refractivity contribution in [1.82, 2.24) is 15.5 Å². The summed E-state index contributed by atoms with van der Waals surface area (Å²) in [5.41, 5.74) is 0. The van der Waals surface area contributed by atoms with E-state index < -0.39 is 0 Å². The van der Waals surface area contributed by atoms with Crippen LogP contribution in [-0.2, 0) is 9.59 Å². The van der Waals surface area contributed by atoms with Gasteiger partial charge in [0.1, 0.15) is 0 Å². The molecule has 6 nitrogen and oxygen atoms in total. The Morgan fingerprint density at radius 2 is 1.85 bits per heavy atom. The van der Waals surface area contributed by atoms with Crippen LogP contribution in [0.3, 0.4) is 0 Å². The molecule has 0 aromatic carbocycles. The Morgan fingerprint density at radius 3 is 2.52 bits per heavy atom. The molecule has 2 saturated carbocycles. The molecule has 2 aliphatic rings. The topological polar surface area (TPSA) is 85.3 Å². The second-order valence-corrected chi connectivity index (χ2v) is 8.65. The summed E-state index contributed by atoms with van der Waals surface area (Å²) < 4.78 is 0. The molecule has 2 aliphatic carbocycles. The van der Waals surface area contributed by atoms with Gasteiger partial charge in [-0.2, -0.15) is 0 Å². The second kappa shape index (κ2) is 11.3. The molecule has 0 heterocycles. The zero-order valence-electron chi connectivity index (χ0n) is 17.1. The Kier molecular flexibility index (Phi) is 9.08. The molecule has 2 rings (SSSR count). The van der Waals surface area contributed by atoms with Crippen LogP contribution >= 0.6 is 0 Å². The third kappa shape index (κ3) is 7.89. The molecule has 0 aromatic heterocycles. The van der Waals surface area contributed by atoms with Crippen molar-refractivity contribution in [3.63, 3.8) is 0 Å². The Bertz CT molecular complexity index is 491. The van der Waals surface area contributed by atoms with Crippen molar-refractivity contribution < 1.29 is 9.59 Å². The number of nitrogens with zero attached hydrogens (tertiary/aromatic N) is 1.